The van der Waals surface area contributed by atoms with Crippen LogP contribution >= 0.6 is 11.8 Å². The Morgan fingerprint density at radius 2 is 1.89 bits per heavy atom. The van der Waals surface area contributed by atoms with Crippen molar-refractivity contribution >= 4 is 11.8 Å². The summed E-state index contributed by atoms with van der Waals surface area (Å²) in [6.07, 6.45) is 3.00. The number of nitrogens with zero attached hydrogens (tertiary/aromatic N) is 1. The summed E-state index contributed by atoms with van der Waals surface area (Å²) >= 11 is 1.85. The van der Waals surface area contributed by atoms with Gasteiger partial charge in [-0.2, -0.15) is 5.26 Å². The van der Waals surface area contributed by atoms with Crippen LogP contribution in [0.5, 0.6) is 0 Å². The highest BCUT2D eigenvalue weighted by Gasteiger charge is 2.43. The number of hydrogen-bond acceptors (Lipinski definition) is 3. The van der Waals surface area contributed by atoms with E-state index in [0.717, 1.165) is 24.8 Å². The van der Waals surface area contributed by atoms with E-state index < -0.39 is 0 Å². The molecule has 0 radical (unpaired) electrons. The van der Waals surface area contributed by atoms with E-state index in [1.165, 1.54) is 4.90 Å². The minimum atomic E-state index is -0.313. The topological polar surface area (TPSA) is 49.8 Å². The van der Waals surface area contributed by atoms with Gasteiger partial charge >= 0.3 is 0 Å². The Bertz CT molecular complexity index is 441. The summed E-state index contributed by atoms with van der Waals surface area (Å²) in [5.41, 5.74) is 7.04. The van der Waals surface area contributed by atoms with E-state index in [4.69, 9.17) is 5.73 Å². The number of hydrogen-bond donors (Lipinski definition) is 1. The molecule has 1 aromatic carbocycles. The Balaban J connectivity index is 2.12. The van der Waals surface area contributed by atoms with Gasteiger partial charge in [-0.1, -0.05) is 32.4 Å². The van der Waals surface area contributed by atoms with Crippen LogP contribution in [0.15, 0.2) is 29.2 Å². The molecule has 1 unspecified atom stereocenters. The largest absolute Gasteiger partial charge is 0.323 e. The second kappa shape index (κ2) is 5.34. The monoisotopic (exact) mass is 260 g/mol. The summed E-state index contributed by atoms with van der Waals surface area (Å²) in [6.45, 7) is 4.37. The maximum Gasteiger partial charge on any atom is 0.0766 e. The molecule has 0 aliphatic heterocycles. The zero-order valence-corrected chi connectivity index (χ0v) is 11.8. The summed E-state index contributed by atoms with van der Waals surface area (Å²) in [5, 5.41) is 9.89. The van der Waals surface area contributed by atoms with Crippen LogP contribution in [0.2, 0.25) is 0 Å². The van der Waals surface area contributed by atoms with Crippen molar-refractivity contribution in [2.75, 3.05) is 0 Å². The third-order valence-corrected chi connectivity index (χ3v) is 4.69. The molecule has 0 aromatic heterocycles. The number of benzene rings is 1. The molecule has 96 valence electrons. The Hall–Kier alpha value is -0.980. The van der Waals surface area contributed by atoms with E-state index in [-0.39, 0.29) is 11.5 Å². The Morgan fingerprint density at radius 3 is 2.28 bits per heavy atom. The van der Waals surface area contributed by atoms with Gasteiger partial charge in [-0.05, 0) is 30.5 Å². The lowest BCUT2D eigenvalue weighted by Gasteiger charge is -2.40. The number of thioether (sulfide) groups is 1. The number of nitrogens with two attached hydrogens (primary N) is 1. The van der Waals surface area contributed by atoms with Gasteiger partial charge < -0.3 is 5.73 Å². The molecule has 1 aliphatic rings. The lowest BCUT2D eigenvalue weighted by atomic mass is 9.64. The molecule has 0 spiro atoms. The number of nitriles is 1. The molecule has 0 heterocycles. The van der Waals surface area contributed by atoms with Crippen LogP contribution < -0.4 is 5.73 Å². The number of rotatable bonds is 4. The first kappa shape index (κ1) is 13.5. The van der Waals surface area contributed by atoms with Gasteiger partial charge in [0.05, 0.1) is 11.5 Å². The zero-order chi connectivity index (χ0) is 13.2. The van der Waals surface area contributed by atoms with Crippen molar-refractivity contribution in [3.05, 3.63) is 29.8 Å². The van der Waals surface area contributed by atoms with Crippen LogP contribution in [0.1, 0.15) is 44.7 Å². The van der Waals surface area contributed by atoms with Crippen molar-refractivity contribution in [1.82, 2.24) is 0 Å². The third-order valence-electron chi connectivity index (χ3n) is 3.67. The summed E-state index contributed by atoms with van der Waals surface area (Å²) in [5.74, 6) is 0. The predicted octanol–water partition coefficient (Wildman–Crippen LogP) is 3.88. The molecular weight excluding hydrogens is 240 g/mol. The van der Waals surface area contributed by atoms with Crippen LogP contribution in [0.4, 0.5) is 0 Å². The second-order valence-corrected chi connectivity index (χ2v) is 6.98. The zero-order valence-electron chi connectivity index (χ0n) is 11.0. The van der Waals surface area contributed by atoms with Gasteiger partial charge in [0.25, 0.3) is 0 Å². The molecule has 3 heteroatoms. The third kappa shape index (κ3) is 2.55. The molecule has 0 bridgehead atoms. The first-order chi connectivity index (χ1) is 8.57. The standard InChI is InChI=1S/C15H20N2S/c1-11(2)18-13-6-4-12(5-7-13)14(17)15(10-16)8-3-9-15/h4-7,11,14H,3,8-9,17H2,1-2H3. The van der Waals surface area contributed by atoms with Crippen molar-refractivity contribution in [2.24, 2.45) is 11.1 Å². The van der Waals surface area contributed by atoms with Gasteiger partial charge in [0.2, 0.25) is 0 Å². The summed E-state index contributed by atoms with van der Waals surface area (Å²) in [7, 11) is 0. The molecule has 0 amide bonds. The van der Waals surface area contributed by atoms with Crippen LogP contribution in [0.25, 0.3) is 0 Å². The summed E-state index contributed by atoms with van der Waals surface area (Å²) in [4.78, 5) is 1.26. The van der Waals surface area contributed by atoms with Gasteiger partial charge in [-0.25, -0.2) is 0 Å². The lowest BCUT2D eigenvalue weighted by Crippen LogP contribution is -2.39. The molecule has 1 aromatic rings. The quantitative estimate of drug-likeness (QED) is 0.836. The predicted molar refractivity (Wildman–Crippen MR) is 76.3 cm³/mol. The highest BCUT2D eigenvalue weighted by Crippen LogP contribution is 2.48. The van der Waals surface area contributed by atoms with Crippen molar-refractivity contribution in [1.29, 1.82) is 5.26 Å². The van der Waals surface area contributed by atoms with Crippen molar-refractivity contribution in [3.63, 3.8) is 0 Å². The molecule has 2 nitrogen and oxygen atoms in total. The summed E-state index contributed by atoms with van der Waals surface area (Å²) < 4.78 is 0. The fourth-order valence-corrected chi connectivity index (χ4v) is 3.23. The molecule has 2 N–H and O–H groups in total. The van der Waals surface area contributed by atoms with Crippen molar-refractivity contribution in [2.45, 2.75) is 49.3 Å². The molecular formula is C15H20N2S. The Morgan fingerprint density at radius 1 is 1.28 bits per heavy atom. The van der Waals surface area contributed by atoms with Crippen molar-refractivity contribution < 1.29 is 0 Å². The smallest absolute Gasteiger partial charge is 0.0766 e. The average Bonchev–Trinajstić information content (AvgIpc) is 2.28. The van der Waals surface area contributed by atoms with Gasteiger partial charge in [0, 0.05) is 16.2 Å². The Kier molecular flexibility index (Phi) is 3.99. The van der Waals surface area contributed by atoms with Crippen LogP contribution in [0, 0.1) is 16.7 Å². The first-order valence-electron chi connectivity index (χ1n) is 6.51. The average molecular weight is 260 g/mol. The molecule has 18 heavy (non-hydrogen) atoms. The highest BCUT2D eigenvalue weighted by atomic mass is 32.2. The maximum atomic E-state index is 9.31. The molecule has 0 saturated heterocycles. The minimum Gasteiger partial charge on any atom is -0.323 e. The first-order valence-corrected chi connectivity index (χ1v) is 7.39. The molecule has 1 fully saturated rings. The lowest BCUT2D eigenvalue weighted by molar-refractivity contribution is 0.169. The molecule has 1 saturated carbocycles. The normalized spacial score (nSPS) is 19.1. The van der Waals surface area contributed by atoms with Gasteiger partial charge in [-0.3, -0.25) is 0 Å². The molecule has 1 atom stereocenters. The van der Waals surface area contributed by atoms with E-state index in [0.29, 0.717) is 5.25 Å². The van der Waals surface area contributed by atoms with E-state index in [2.05, 4.69) is 44.2 Å². The van der Waals surface area contributed by atoms with Crippen LogP contribution in [-0.2, 0) is 0 Å². The fraction of sp³-hybridized carbons (Fsp3) is 0.533. The minimum absolute atomic E-state index is 0.144. The second-order valence-electron chi connectivity index (χ2n) is 5.33. The van der Waals surface area contributed by atoms with E-state index in [9.17, 15) is 5.26 Å². The van der Waals surface area contributed by atoms with Crippen LogP contribution in [0.3, 0.4) is 0 Å². The van der Waals surface area contributed by atoms with E-state index in [1.54, 1.807) is 0 Å². The van der Waals surface area contributed by atoms with Crippen LogP contribution in [-0.4, -0.2) is 5.25 Å². The van der Waals surface area contributed by atoms with Gasteiger partial charge in [-0.15, -0.1) is 11.8 Å². The van der Waals surface area contributed by atoms with Crippen molar-refractivity contribution in [3.8, 4) is 6.07 Å². The van der Waals surface area contributed by atoms with E-state index in [1.807, 2.05) is 11.8 Å². The Labute approximate surface area is 114 Å². The van der Waals surface area contributed by atoms with Gasteiger partial charge in [0.15, 0.2) is 0 Å². The summed E-state index contributed by atoms with van der Waals surface area (Å²) in [6, 6.07) is 10.7. The van der Waals surface area contributed by atoms with E-state index >= 15 is 0 Å². The maximum absolute atomic E-state index is 9.31. The molecule has 2 rings (SSSR count). The highest BCUT2D eigenvalue weighted by molar-refractivity contribution is 7.99. The van der Waals surface area contributed by atoms with Gasteiger partial charge in [0.1, 0.15) is 0 Å². The molecule has 1 aliphatic carbocycles. The fourth-order valence-electron chi connectivity index (χ4n) is 2.39. The SMILES string of the molecule is CC(C)Sc1ccc(C(N)C2(C#N)CCC2)cc1.